The van der Waals surface area contributed by atoms with Gasteiger partial charge < -0.3 is 14.8 Å². The van der Waals surface area contributed by atoms with Crippen molar-refractivity contribution in [2.75, 3.05) is 20.3 Å². The van der Waals surface area contributed by atoms with Gasteiger partial charge in [-0.25, -0.2) is 0 Å². The average molecular weight is 269 g/mol. The number of esters is 1. The van der Waals surface area contributed by atoms with Gasteiger partial charge in [-0.2, -0.15) is 0 Å². The van der Waals surface area contributed by atoms with Crippen molar-refractivity contribution in [1.29, 1.82) is 0 Å². The van der Waals surface area contributed by atoms with Gasteiger partial charge >= 0.3 is 5.97 Å². The van der Waals surface area contributed by atoms with E-state index in [0.717, 1.165) is 38.2 Å². The van der Waals surface area contributed by atoms with E-state index < -0.39 is 5.54 Å². The molecule has 2 saturated carbocycles. The van der Waals surface area contributed by atoms with E-state index in [9.17, 15) is 4.79 Å². The fraction of sp³-hybridized carbons (Fsp3) is 0.933. The van der Waals surface area contributed by atoms with Crippen molar-refractivity contribution in [1.82, 2.24) is 5.32 Å². The Balaban J connectivity index is 1.83. The van der Waals surface area contributed by atoms with Gasteiger partial charge in [0.15, 0.2) is 0 Å². The molecule has 0 saturated heterocycles. The molecule has 2 aliphatic carbocycles. The predicted molar refractivity (Wildman–Crippen MR) is 74.0 cm³/mol. The molecule has 0 spiro atoms. The Morgan fingerprint density at radius 3 is 2.79 bits per heavy atom. The van der Waals surface area contributed by atoms with E-state index in [1.807, 2.05) is 14.0 Å². The zero-order valence-electron chi connectivity index (χ0n) is 12.2. The summed E-state index contributed by atoms with van der Waals surface area (Å²) in [5, 5.41) is 3.19. The second-order valence-electron chi connectivity index (χ2n) is 5.87. The summed E-state index contributed by atoms with van der Waals surface area (Å²) in [6.07, 6.45) is 7.81. The predicted octanol–water partition coefficient (Wildman–Crippen LogP) is 2.27. The number of nitrogens with one attached hydrogen (secondary N) is 1. The first kappa shape index (κ1) is 14.8. The van der Waals surface area contributed by atoms with Crippen molar-refractivity contribution in [3.05, 3.63) is 0 Å². The molecule has 0 bridgehead atoms. The maximum absolute atomic E-state index is 12.1. The van der Waals surface area contributed by atoms with E-state index in [4.69, 9.17) is 9.47 Å². The van der Waals surface area contributed by atoms with Crippen LogP contribution in [0.1, 0.15) is 51.9 Å². The van der Waals surface area contributed by atoms with Crippen LogP contribution in [0.4, 0.5) is 0 Å². The van der Waals surface area contributed by atoms with Gasteiger partial charge in [-0.3, -0.25) is 4.79 Å². The van der Waals surface area contributed by atoms with Crippen LogP contribution in [-0.4, -0.2) is 37.9 Å². The first-order valence-corrected chi connectivity index (χ1v) is 7.68. The Morgan fingerprint density at radius 1 is 1.37 bits per heavy atom. The second kappa shape index (κ2) is 6.71. The lowest BCUT2D eigenvalue weighted by molar-refractivity contribution is -0.155. The van der Waals surface area contributed by atoms with E-state index >= 15 is 0 Å². The standard InChI is InChI=1S/C15H27NO3/c1-3-18-14(17)15(16-2)9-4-5-13(11-15)19-10-8-12-6-7-12/h12-13,16H,3-11H2,1-2H3. The van der Waals surface area contributed by atoms with E-state index in [1.54, 1.807) is 0 Å². The Labute approximate surface area is 116 Å². The SMILES string of the molecule is CCOC(=O)C1(NC)CCCC(OCCC2CC2)C1. The minimum absolute atomic E-state index is 0.118. The molecule has 2 fully saturated rings. The van der Waals surface area contributed by atoms with E-state index in [-0.39, 0.29) is 12.1 Å². The highest BCUT2D eigenvalue weighted by Gasteiger charge is 2.43. The quantitative estimate of drug-likeness (QED) is 0.720. The highest BCUT2D eigenvalue weighted by Crippen LogP contribution is 2.34. The van der Waals surface area contributed by atoms with Crippen molar-refractivity contribution in [3.63, 3.8) is 0 Å². The lowest BCUT2D eigenvalue weighted by atomic mass is 9.80. The van der Waals surface area contributed by atoms with Crippen LogP contribution in [-0.2, 0) is 14.3 Å². The molecular weight excluding hydrogens is 242 g/mol. The first-order valence-electron chi connectivity index (χ1n) is 7.68. The normalized spacial score (nSPS) is 31.2. The molecule has 0 aromatic carbocycles. The lowest BCUT2D eigenvalue weighted by Crippen LogP contribution is -2.55. The minimum atomic E-state index is -0.529. The van der Waals surface area contributed by atoms with Gasteiger partial charge in [-0.1, -0.05) is 12.8 Å². The third kappa shape index (κ3) is 3.93. The highest BCUT2D eigenvalue weighted by atomic mass is 16.5. The zero-order chi connectivity index (χ0) is 13.7. The van der Waals surface area contributed by atoms with Crippen LogP contribution in [0, 0.1) is 5.92 Å². The van der Waals surface area contributed by atoms with Crippen molar-refractivity contribution in [2.45, 2.75) is 63.5 Å². The molecular formula is C15H27NO3. The molecule has 19 heavy (non-hydrogen) atoms. The molecule has 2 atom stereocenters. The Bertz CT molecular complexity index is 304. The molecule has 1 N–H and O–H groups in total. The Kier molecular flexibility index (Phi) is 5.22. The van der Waals surface area contributed by atoms with E-state index in [2.05, 4.69) is 5.32 Å². The van der Waals surface area contributed by atoms with Crippen molar-refractivity contribution in [2.24, 2.45) is 5.92 Å². The zero-order valence-corrected chi connectivity index (χ0v) is 12.2. The van der Waals surface area contributed by atoms with E-state index in [0.29, 0.717) is 6.61 Å². The molecule has 0 aliphatic heterocycles. The minimum Gasteiger partial charge on any atom is -0.465 e. The average Bonchev–Trinajstić information content (AvgIpc) is 3.23. The molecule has 0 aromatic heterocycles. The van der Waals surface area contributed by atoms with Crippen LogP contribution in [0.2, 0.25) is 0 Å². The van der Waals surface area contributed by atoms with E-state index in [1.165, 1.54) is 19.3 Å². The summed E-state index contributed by atoms with van der Waals surface area (Å²) < 4.78 is 11.2. The van der Waals surface area contributed by atoms with Gasteiger partial charge in [0, 0.05) is 13.0 Å². The summed E-state index contributed by atoms with van der Waals surface area (Å²) in [6.45, 7) is 3.14. The number of carbonyl (C=O) groups excluding carboxylic acids is 1. The van der Waals surface area contributed by atoms with Crippen LogP contribution in [0.15, 0.2) is 0 Å². The van der Waals surface area contributed by atoms with Gasteiger partial charge in [-0.05, 0) is 45.6 Å². The van der Waals surface area contributed by atoms with Crippen LogP contribution in [0.5, 0.6) is 0 Å². The molecule has 4 heteroatoms. The number of likely N-dealkylation sites (N-methyl/N-ethyl adjacent to an activating group) is 1. The van der Waals surface area contributed by atoms with Crippen molar-refractivity contribution < 1.29 is 14.3 Å². The molecule has 4 nitrogen and oxygen atoms in total. The third-order valence-corrected chi connectivity index (χ3v) is 4.43. The van der Waals surface area contributed by atoms with Gasteiger partial charge in [-0.15, -0.1) is 0 Å². The number of hydrogen-bond donors (Lipinski definition) is 1. The smallest absolute Gasteiger partial charge is 0.326 e. The summed E-state index contributed by atoms with van der Waals surface area (Å²) in [4.78, 5) is 12.1. The molecule has 0 heterocycles. The number of rotatable bonds is 7. The van der Waals surface area contributed by atoms with Crippen LogP contribution >= 0.6 is 0 Å². The fourth-order valence-electron chi connectivity index (χ4n) is 2.96. The molecule has 0 radical (unpaired) electrons. The number of ether oxygens (including phenoxy) is 2. The summed E-state index contributed by atoms with van der Waals surface area (Å²) in [7, 11) is 1.85. The van der Waals surface area contributed by atoms with Gasteiger partial charge in [0.2, 0.25) is 0 Å². The van der Waals surface area contributed by atoms with Gasteiger partial charge in [0.25, 0.3) is 0 Å². The molecule has 2 aliphatic rings. The monoisotopic (exact) mass is 269 g/mol. The Hall–Kier alpha value is -0.610. The second-order valence-corrected chi connectivity index (χ2v) is 5.87. The number of hydrogen-bond acceptors (Lipinski definition) is 4. The van der Waals surface area contributed by atoms with Crippen molar-refractivity contribution in [3.8, 4) is 0 Å². The largest absolute Gasteiger partial charge is 0.465 e. The maximum atomic E-state index is 12.1. The molecule has 2 rings (SSSR count). The molecule has 0 amide bonds. The lowest BCUT2D eigenvalue weighted by Gasteiger charge is -2.38. The topological polar surface area (TPSA) is 47.6 Å². The molecule has 2 unspecified atom stereocenters. The fourth-order valence-corrected chi connectivity index (χ4v) is 2.96. The van der Waals surface area contributed by atoms with Crippen LogP contribution in [0.3, 0.4) is 0 Å². The third-order valence-electron chi connectivity index (χ3n) is 4.43. The summed E-state index contributed by atoms with van der Waals surface area (Å²) in [5.41, 5.74) is -0.529. The van der Waals surface area contributed by atoms with Crippen LogP contribution in [0.25, 0.3) is 0 Å². The summed E-state index contributed by atoms with van der Waals surface area (Å²) >= 11 is 0. The summed E-state index contributed by atoms with van der Waals surface area (Å²) in [6, 6.07) is 0. The highest BCUT2D eigenvalue weighted by molar-refractivity contribution is 5.81. The number of carbonyl (C=O) groups is 1. The summed E-state index contributed by atoms with van der Waals surface area (Å²) in [5.74, 6) is 0.788. The first-order chi connectivity index (χ1) is 9.20. The maximum Gasteiger partial charge on any atom is 0.326 e. The molecule has 0 aromatic rings. The van der Waals surface area contributed by atoms with Gasteiger partial charge in [0.05, 0.1) is 12.7 Å². The Morgan fingerprint density at radius 2 is 2.16 bits per heavy atom. The van der Waals surface area contributed by atoms with Crippen molar-refractivity contribution >= 4 is 5.97 Å². The van der Waals surface area contributed by atoms with Crippen LogP contribution < -0.4 is 5.32 Å². The molecule has 110 valence electrons. The van der Waals surface area contributed by atoms with Gasteiger partial charge in [0.1, 0.15) is 5.54 Å².